The molecule has 5 aromatic rings. The lowest BCUT2D eigenvalue weighted by Crippen LogP contribution is -2.07. The van der Waals surface area contributed by atoms with Gasteiger partial charge in [-0.3, -0.25) is 4.40 Å². The van der Waals surface area contributed by atoms with Crippen LogP contribution < -0.4 is 0 Å². The molecule has 2 heterocycles. The fourth-order valence-corrected chi connectivity index (χ4v) is 3.44. The van der Waals surface area contributed by atoms with E-state index in [1.165, 1.54) is 12.5 Å². The predicted molar refractivity (Wildman–Crippen MR) is 109 cm³/mol. The van der Waals surface area contributed by atoms with Crippen LogP contribution >= 0.6 is 0 Å². The molecule has 0 fully saturated rings. The molecule has 0 radical (unpaired) electrons. The lowest BCUT2D eigenvalue weighted by molar-refractivity contribution is 0.124. The molecule has 0 spiro atoms. The second kappa shape index (κ2) is 8.05. The number of aromatic nitrogens is 2. The van der Waals surface area contributed by atoms with Crippen molar-refractivity contribution in [3.8, 4) is 11.3 Å². The summed E-state index contributed by atoms with van der Waals surface area (Å²) in [7, 11) is 0. The van der Waals surface area contributed by atoms with Crippen LogP contribution in [0.15, 0.2) is 64.5 Å². The molecule has 0 N–H and O–H groups in total. The number of hydrogen-bond acceptors (Lipinski definition) is 4. The zero-order valence-corrected chi connectivity index (χ0v) is 16.5. The summed E-state index contributed by atoms with van der Waals surface area (Å²) in [6.45, 7) is -0.971. The number of rotatable bonds is 5. The van der Waals surface area contributed by atoms with Crippen molar-refractivity contribution < 1.29 is 31.2 Å². The van der Waals surface area contributed by atoms with E-state index >= 15 is 0 Å². The average molecular weight is 457 g/mol. The normalized spacial score (nSPS) is 11.8. The molecule has 166 valence electrons. The first kappa shape index (κ1) is 20.7. The smallest absolute Gasteiger partial charge is 0.306 e. The monoisotopic (exact) mass is 457 g/mol. The van der Waals surface area contributed by atoms with E-state index in [0.717, 1.165) is 16.3 Å². The van der Waals surface area contributed by atoms with Gasteiger partial charge in [-0.2, -0.15) is 4.98 Å². The highest BCUT2D eigenvalue weighted by molar-refractivity contribution is 5.92. The molecule has 5 rings (SSSR count). The van der Waals surface area contributed by atoms with Gasteiger partial charge in [-0.15, -0.1) is 0 Å². The third-order valence-corrected chi connectivity index (χ3v) is 5.08. The van der Waals surface area contributed by atoms with Crippen LogP contribution in [0, 0.1) is 29.1 Å². The molecule has 0 bridgehead atoms. The number of fused-ring (bicyclic) bond motifs is 2. The molecule has 33 heavy (non-hydrogen) atoms. The van der Waals surface area contributed by atoms with Gasteiger partial charge in [0, 0.05) is 11.8 Å². The van der Waals surface area contributed by atoms with Gasteiger partial charge in [-0.25, -0.2) is 22.0 Å². The van der Waals surface area contributed by atoms with Crippen LogP contribution in [0.1, 0.15) is 11.3 Å². The summed E-state index contributed by atoms with van der Waals surface area (Å²) >= 11 is 0. The Hall–Kier alpha value is -4.21. The van der Waals surface area contributed by atoms with Gasteiger partial charge in [0.05, 0.1) is 17.5 Å². The number of halogens is 5. The van der Waals surface area contributed by atoms with E-state index < -0.39 is 41.3 Å². The number of hydrogen-bond donors (Lipinski definition) is 0. The molecular formula is C23H12F5N3O2. The SMILES string of the molecule is Fc1c(F)c(F)c(CON=Cc2c(-c3ccc4ccccc4c3)nc3occn23)c(F)c1F. The third-order valence-electron chi connectivity index (χ3n) is 5.08. The van der Waals surface area contributed by atoms with Crippen molar-refractivity contribution in [3.63, 3.8) is 0 Å². The second-order valence-corrected chi connectivity index (χ2v) is 7.02. The molecule has 0 saturated heterocycles. The van der Waals surface area contributed by atoms with Gasteiger partial charge in [0.2, 0.25) is 5.82 Å². The Kier molecular flexibility index (Phi) is 5.04. The molecule has 0 aliphatic rings. The highest BCUT2D eigenvalue weighted by Crippen LogP contribution is 2.28. The molecule has 0 saturated carbocycles. The topological polar surface area (TPSA) is 52.0 Å². The van der Waals surface area contributed by atoms with Gasteiger partial charge in [0.15, 0.2) is 23.3 Å². The third kappa shape index (κ3) is 3.49. The molecule has 0 aliphatic carbocycles. The Morgan fingerprint density at radius 2 is 1.61 bits per heavy atom. The Morgan fingerprint density at radius 1 is 0.909 bits per heavy atom. The second-order valence-electron chi connectivity index (χ2n) is 7.02. The Balaban J connectivity index is 1.47. The lowest BCUT2D eigenvalue weighted by Gasteiger charge is -2.07. The van der Waals surface area contributed by atoms with E-state index in [9.17, 15) is 22.0 Å². The summed E-state index contributed by atoms with van der Waals surface area (Å²) in [5.41, 5.74) is 0.531. The first-order valence-corrected chi connectivity index (χ1v) is 9.56. The summed E-state index contributed by atoms with van der Waals surface area (Å²) in [5.74, 6) is -10.0. The van der Waals surface area contributed by atoms with E-state index in [-0.39, 0.29) is 5.84 Å². The van der Waals surface area contributed by atoms with Gasteiger partial charge in [0.1, 0.15) is 18.6 Å². The van der Waals surface area contributed by atoms with E-state index in [1.54, 1.807) is 10.6 Å². The van der Waals surface area contributed by atoms with Crippen LogP contribution in [-0.4, -0.2) is 15.6 Å². The zero-order chi connectivity index (χ0) is 23.1. The molecule has 2 aromatic heterocycles. The molecule has 5 nitrogen and oxygen atoms in total. The van der Waals surface area contributed by atoms with Crippen LogP contribution in [0.25, 0.3) is 27.9 Å². The lowest BCUT2D eigenvalue weighted by atomic mass is 10.0. The molecule has 3 aromatic carbocycles. The molecule has 0 unspecified atom stereocenters. The summed E-state index contributed by atoms with van der Waals surface area (Å²) in [4.78, 5) is 9.29. The molecule has 10 heteroatoms. The van der Waals surface area contributed by atoms with E-state index in [0.29, 0.717) is 11.4 Å². The molecule has 0 atom stereocenters. The quantitative estimate of drug-likeness (QED) is 0.107. The van der Waals surface area contributed by atoms with Crippen molar-refractivity contribution in [1.82, 2.24) is 9.38 Å². The fourth-order valence-electron chi connectivity index (χ4n) is 3.44. The van der Waals surface area contributed by atoms with Crippen molar-refractivity contribution in [2.45, 2.75) is 6.61 Å². The van der Waals surface area contributed by atoms with Crippen LogP contribution in [0.3, 0.4) is 0 Å². The van der Waals surface area contributed by atoms with E-state index in [2.05, 4.69) is 10.1 Å². The maximum absolute atomic E-state index is 13.8. The Bertz CT molecular complexity index is 1510. The van der Waals surface area contributed by atoms with Gasteiger partial charge in [0.25, 0.3) is 0 Å². The maximum atomic E-state index is 13.8. The van der Waals surface area contributed by atoms with Crippen LogP contribution in [-0.2, 0) is 11.4 Å². The first-order chi connectivity index (χ1) is 16.0. The predicted octanol–water partition coefficient (Wildman–Crippen LogP) is 5.99. The fraction of sp³-hybridized carbons (Fsp3) is 0.0435. The number of oxazole rings is 1. The summed E-state index contributed by atoms with van der Waals surface area (Å²) in [5, 5.41) is 5.66. The first-order valence-electron chi connectivity index (χ1n) is 9.56. The van der Waals surface area contributed by atoms with E-state index in [4.69, 9.17) is 9.25 Å². The summed E-state index contributed by atoms with van der Waals surface area (Å²) < 4.78 is 74.4. The zero-order valence-electron chi connectivity index (χ0n) is 16.5. The highest BCUT2D eigenvalue weighted by atomic mass is 19.2. The number of imidazole rings is 1. The minimum absolute atomic E-state index is 0.263. The van der Waals surface area contributed by atoms with Crippen molar-refractivity contribution >= 4 is 22.8 Å². The minimum Gasteiger partial charge on any atom is -0.432 e. The number of nitrogens with zero attached hydrogens (tertiary/aromatic N) is 3. The van der Waals surface area contributed by atoms with Gasteiger partial charge < -0.3 is 9.25 Å². The standard InChI is InChI=1S/C23H12F5N3O2/c24-17-15(18(25)20(27)21(28)19(17)26)11-33-29-10-16-22(30-23-31(16)7-8-32-23)14-6-5-12-3-1-2-4-13(12)9-14/h1-10H,11H2. The van der Waals surface area contributed by atoms with Crippen molar-refractivity contribution in [2.24, 2.45) is 5.16 Å². The maximum Gasteiger partial charge on any atom is 0.306 e. The van der Waals surface area contributed by atoms with Gasteiger partial charge in [-0.05, 0) is 16.8 Å². The Morgan fingerprint density at radius 3 is 2.36 bits per heavy atom. The number of benzene rings is 3. The minimum atomic E-state index is -2.24. The Labute approximate surface area is 182 Å². The van der Waals surface area contributed by atoms with Gasteiger partial charge >= 0.3 is 5.84 Å². The van der Waals surface area contributed by atoms with E-state index in [1.807, 2.05) is 42.5 Å². The molecule has 0 amide bonds. The van der Waals surface area contributed by atoms with Gasteiger partial charge in [-0.1, -0.05) is 41.6 Å². The van der Waals surface area contributed by atoms with Crippen molar-refractivity contribution in [1.29, 1.82) is 0 Å². The van der Waals surface area contributed by atoms with Crippen molar-refractivity contribution in [3.05, 3.63) is 95.3 Å². The molecule has 0 aliphatic heterocycles. The largest absolute Gasteiger partial charge is 0.432 e. The van der Waals surface area contributed by atoms with Crippen LogP contribution in [0.2, 0.25) is 0 Å². The summed E-state index contributed by atoms with van der Waals surface area (Å²) in [6.07, 6.45) is 4.20. The average Bonchev–Trinajstić information content (AvgIpc) is 3.43. The molecular weight excluding hydrogens is 445 g/mol. The number of oxime groups is 1. The highest BCUT2D eigenvalue weighted by Gasteiger charge is 2.26. The van der Waals surface area contributed by atoms with Crippen LogP contribution in [0.5, 0.6) is 0 Å². The van der Waals surface area contributed by atoms with Crippen LogP contribution in [0.4, 0.5) is 22.0 Å². The summed E-state index contributed by atoms with van der Waals surface area (Å²) in [6, 6.07) is 13.4. The van der Waals surface area contributed by atoms with Crippen molar-refractivity contribution in [2.75, 3.05) is 0 Å².